The minimum atomic E-state index is -1.77. The fourth-order valence-electron chi connectivity index (χ4n) is 2.22. The summed E-state index contributed by atoms with van der Waals surface area (Å²) in [5.74, 6) is 0.580. The monoisotopic (exact) mass is 347 g/mol. The van der Waals surface area contributed by atoms with Crippen LogP contribution in [0.15, 0.2) is 42.0 Å². The van der Waals surface area contributed by atoms with E-state index in [4.69, 9.17) is 9.16 Å². The summed E-state index contributed by atoms with van der Waals surface area (Å²) in [6.07, 6.45) is 2.75. The first-order chi connectivity index (χ1) is 11.2. The normalized spacial score (nSPS) is 15.9. The van der Waals surface area contributed by atoms with Crippen molar-refractivity contribution in [1.29, 1.82) is 0 Å². The smallest absolute Gasteiger partial charge is 0.413 e. The Labute approximate surface area is 146 Å². The third-order valence-corrected chi connectivity index (χ3v) is 9.34. The summed E-state index contributed by atoms with van der Waals surface area (Å²) in [4.78, 5) is 14.1. The maximum Gasteiger partial charge on any atom is 0.415 e. The van der Waals surface area contributed by atoms with E-state index in [1.54, 1.807) is 17.0 Å². The first kappa shape index (κ1) is 18.7. The Morgan fingerprint density at radius 3 is 2.50 bits per heavy atom. The van der Waals surface area contributed by atoms with Crippen molar-refractivity contribution in [2.24, 2.45) is 0 Å². The average molecular weight is 348 g/mol. The number of hydrogen-bond acceptors (Lipinski definition) is 3. The van der Waals surface area contributed by atoms with Gasteiger partial charge in [-0.25, -0.2) is 4.79 Å². The van der Waals surface area contributed by atoms with Crippen LogP contribution in [0.4, 0.5) is 4.79 Å². The van der Waals surface area contributed by atoms with Gasteiger partial charge in [0.15, 0.2) is 8.32 Å². The number of carbonyl (C=O) groups is 1. The zero-order valence-electron chi connectivity index (χ0n) is 15.5. The molecule has 1 heterocycles. The maximum absolute atomic E-state index is 12.3. The van der Waals surface area contributed by atoms with Gasteiger partial charge in [-0.3, -0.25) is 0 Å². The molecule has 0 saturated heterocycles. The molecule has 0 bridgehead atoms. The Balaban J connectivity index is 1.89. The van der Waals surface area contributed by atoms with Gasteiger partial charge in [-0.2, -0.15) is 0 Å². The van der Waals surface area contributed by atoms with Crippen molar-refractivity contribution in [3.63, 3.8) is 0 Å². The van der Waals surface area contributed by atoms with Crippen LogP contribution in [0.3, 0.4) is 0 Å². The van der Waals surface area contributed by atoms with Crippen molar-refractivity contribution >= 4 is 14.4 Å². The van der Waals surface area contributed by atoms with Gasteiger partial charge in [0.25, 0.3) is 0 Å². The van der Waals surface area contributed by atoms with Crippen molar-refractivity contribution < 1.29 is 14.0 Å². The van der Waals surface area contributed by atoms with Crippen LogP contribution in [0, 0.1) is 0 Å². The van der Waals surface area contributed by atoms with Crippen molar-refractivity contribution in [3.8, 4) is 5.75 Å². The van der Waals surface area contributed by atoms with Gasteiger partial charge in [0.05, 0.1) is 6.61 Å². The summed E-state index contributed by atoms with van der Waals surface area (Å²) in [6, 6.07) is 9.20. The molecule has 1 aromatic carbocycles. The lowest BCUT2D eigenvalue weighted by atomic mass is 10.1. The molecule has 0 N–H and O–H groups in total. The Bertz CT molecular complexity index is 590. The highest BCUT2D eigenvalue weighted by Gasteiger charge is 2.37. The molecule has 0 radical (unpaired) electrons. The highest BCUT2D eigenvalue weighted by molar-refractivity contribution is 6.74. The standard InChI is InChI=1S/C19H29NO3Si/c1-19(2,3)24(4,5)22-15-16-10-9-13-20(14-16)18(21)23-17-11-7-6-8-12-17/h6-8,10-12H,9,13-15H2,1-5H3. The summed E-state index contributed by atoms with van der Waals surface area (Å²) >= 11 is 0. The zero-order chi connectivity index (χ0) is 17.8. The minimum absolute atomic E-state index is 0.189. The van der Waals surface area contributed by atoms with E-state index in [0.717, 1.165) is 12.0 Å². The second-order valence-corrected chi connectivity index (χ2v) is 12.6. The number of amides is 1. The van der Waals surface area contributed by atoms with Crippen LogP contribution in [-0.2, 0) is 4.43 Å². The van der Waals surface area contributed by atoms with Crippen LogP contribution in [0.1, 0.15) is 27.2 Å². The number of benzene rings is 1. The number of ether oxygens (including phenoxy) is 1. The fourth-order valence-corrected chi connectivity index (χ4v) is 3.20. The molecule has 1 aliphatic rings. The van der Waals surface area contributed by atoms with E-state index in [2.05, 4.69) is 39.9 Å². The van der Waals surface area contributed by atoms with E-state index in [9.17, 15) is 4.79 Å². The first-order valence-electron chi connectivity index (χ1n) is 8.53. The predicted molar refractivity (Wildman–Crippen MR) is 99.9 cm³/mol. The van der Waals surface area contributed by atoms with Crippen LogP contribution in [0.5, 0.6) is 5.75 Å². The number of hydrogen-bond donors (Lipinski definition) is 0. The Kier molecular flexibility index (Phi) is 5.88. The highest BCUT2D eigenvalue weighted by atomic mass is 28.4. The highest BCUT2D eigenvalue weighted by Crippen LogP contribution is 2.36. The fraction of sp³-hybridized carbons (Fsp3) is 0.526. The Morgan fingerprint density at radius 2 is 1.88 bits per heavy atom. The number of carbonyl (C=O) groups excluding carboxylic acids is 1. The molecule has 0 aromatic heterocycles. The molecule has 0 fully saturated rings. The lowest BCUT2D eigenvalue weighted by molar-refractivity contribution is 0.153. The van der Waals surface area contributed by atoms with Gasteiger partial charge < -0.3 is 14.1 Å². The van der Waals surface area contributed by atoms with Gasteiger partial charge in [-0.05, 0) is 42.3 Å². The van der Waals surface area contributed by atoms with Crippen molar-refractivity contribution in [1.82, 2.24) is 4.90 Å². The summed E-state index contributed by atoms with van der Waals surface area (Å²) in [5.41, 5.74) is 1.16. The lowest BCUT2D eigenvalue weighted by Gasteiger charge is -2.37. The van der Waals surface area contributed by atoms with Crippen LogP contribution in [0.25, 0.3) is 0 Å². The first-order valence-corrected chi connectivity index (χ1v) is 11.4. The largest absolute Gasteiger partial charge is 0.415 e. The molecular formula is C19H29NO3Si. The topological polar surface area (TPSA) is 38.8 Å². The van der Waals surface area contributed by atoms with Gasteiger partial charge in [0.1, 0.15) is 5.75 Å². The second kappa shape index (κ2) is 7.53. The molecule has 1 aliphatic heterocycles. The molecule has 0 saturated carbocycles. The van der Waals surface area contributed by atoms with E-state index >= 15 is 0 Å². The molecule has 0 aliphatic carbocycles. The quantitative estimate of drug-likeness (QED) is 0.578. The molecule has 132 valence electrons. The van der Waals surface area contributed by atoms with Gasteiger partial charge in [0.2, 0.25) is 0 Å². The summed E-state index contributed by atoms with van der Waals surface area (Å²) in [5, 5.41) is 0.189. The van der Waals surface area contributed by atoms with Gasteiger partial charge >= 0.3 is 6.09 Å². The van der Waals surface area contributed by atoms with E-state index in [1.165, 1.54) is 0 Å². The minimum Gasteiger partial charge on any atom is -0.413 e. The van der Waals surface area contributed by atoms with Crippen LogP contribution in [0.2, 0.25) is 18.1 Å². The lowest BCUT2D eigenvalue weighted by Crippen LogP contribution is -2.43. The van der Waals surface area contributed by atoms with E-state index in [0.29, 0.717) is 25.4 Å². The molecule has 0 spiro atoms. The number of nitrogens with zero attached hydrogens (tertiary/aromatic N) is 1. The van der Waals surface area contributed by atoms with E-state index in [1.807, 2.05) is 18.2 Å². The molecule has 24 heavy (non-hydrogen) atoms. The molecular weight excluding hydrogens is 318 g/mol. The molecule has 4 nitrogen and oxygen atoms in total. The summed E-state index contributed by atoms with van der Waals surface area (Å²) in [6.45, 7) is 13.1. The SMILES string of the molecule is CC(C)(C)[Si](C)(C)OCC1=CCCN(C(=O)Oc2ccccc2)C1. The Morgan fingerprint density at radius 1 is 1.21 bits per heavy atom. The van der Waals surface area contributed by atoms with Crippen molar-refractivity contribution in [2.45, 2.75) is 45.3 Å². The summed E-state index contributed by atoms with van der Waals surface area (Å²) < 4.78 is 11.7. The zero-order valence-corrected chi connectivity index (χ0v) is 16.5. The maximum atomic E-state index is 12.3. The third kappa shape index (κ3) is 4.95. The molecule has 0 atom stereocenters. The van der Waals surface area contributed by atoms with Gasteiger partial charge in [0, 0.05) is 13.1 Å². The third-order valence-electron chi connectivity index (χ3n) is 4.86. The summed E-state index contributed by atoms with van der Waals surface area (Å²) in [7, 11) is -1.77. The number of para-hydroxylation sites is 1. The molecule has 1 amide bonds. The number of rotatable bonds is 4. The van der Waals surface area contributed by atoms with Crippen LogP contribution >= 0.6 is 0 Å². The van der Waals surface area contributed by atoms with Gasteiger partial charge in [-0.1, -0.05) is 45.0 Å². The predicted octanol–water partition coefficient (Wildman–Crippen LogP) is 4.84. The van der Waals surface area contributed by atoms with Gasteiger partial charge in [-0.15, -0.1) is 0 Å². The van der Waals surface area contributed by atoms with E-state index in [-0.39, 0.29) is 11.1 Å². The average Bonchev–Trinajstić information content (AvgIpc) is 2.53. The molecule has 5 heteroatoms. The Hall–Kier alpha value is -1.59. The van der Waals surface area contributed by atoms with Crippen LogP contribution < -0.4 is 4.74 Å². The van der Waals surface area contributed by atoms with Crippen LogP contribution in [-0.4, -0.2) is 39.0 Å². The second-order valence-electron chi connectivity index (χ2n) is 7.80. The molecule has 2 rings (SSSR count). The molecule has 1 aromatic rings. The van der Waals surface area contributed by atoms with E-state index < -0.39 is 8.32 Å². The molecule has 0 unspecified atom stereocenters. The van der Waals surface area contributed by atoms with Crippen molar-refractivity contribution in [3.05, 3.63) is 42.0 Å². The van der Waals surface area contributed by atoms with Crippen molar-refractivity contribution in [2.75, 3.05) is 19.7 Å².